The maximum absolute atomic E-state index is 10.4. The van der Waals surface area contributed by atoms with Crippen molar-refractivity contribution in [3.63, 3.8) is 0 Å². The molecule has 0 fully saturated rings. The number of nitrogens with zero attached hydrogens (tertiary/aromatic N) is 1. The van der Waals surface area contributed by atoms with Gasteiger partial charge in [0.25, 0.3) is 0 Å². The van der Waals surface area contributed by atoms with E-state index in [1.807, 2.05) is 0 Å². The van der Waals surface area contributed by atoms with E-state index in [2.05, 4.69) is 10.5 Å². The average Bonchev–Trinajstić information content (AvgIpc) is 2.35. The minimum atomic E-state index is -0.231. The number of rotatable bonds is 2. The molecule has 0 atom stereocenters. The van der Waals surface area contributed by atoms with Crippen molar-refractivity contribution in [1.82, 2.24) is 5.43 Å². The number of carbonyl (C=O) groups is 1. The molecule has 0 saturated carbocycles. The fraction of sp³-hybridized carbons (Fsp3) is 0.143. The van der Waals surface area contributed by atoms with Crippen LogP contribution in [0.5, 0.6) is 0 Å². The van der Waals surface area contributed by atoms with Crippen molar-refractivity contribution < 1.29 is 9.21 Å². The molecule has 0 aliphatic heterocycles. The van der Waals surface area contributed by atoms with Crippen LogP contribution in [0.1, 0.15) is 12.7 Å². The summed E-state index contributed by atoms with van der Waals surface area (Å²) in [5.74, 6) is 0.589. The Bertz CT molecular complexity index is 303. The van der Waals surface area contributed by atoms with E-state index in [-0.39, 0.29) is 5.91 Å². The summed E-state index contributed by atoms with van der Waals surface area (Å²) in [5.41, 5.74) is 7.53. The highest BCUT2D eigenvalue weighted by atomic mass is 16.3. The van der Waals surface area contributed by atoms with Gasteiger partial charge in [0.15, 0.2) is 5.88 Å². The van der Waals surface area contributed by atoms with Crippen LogP contribution in [0.2, 0.25) is 0 Å². The first-order chi connectivity index (χ1) is 5.68. The quantitative estimate of drug-likeness (QED) is 0.492. The Morgan fingerprint density at radius 1 is 1.75 bits per heavy atom. The molecule has 1 aromatic heterocycles. The maximum Gasteiger partial charge on any atom is 0.236 e. The number of hydrogen-bond donors (Lipinski definition) is 2. The molecule has 3 N–H and O–H groups in total. The van der Waals surface area contributed by atoms with Crippen LogP contribution in [0.25, 0.3) is 0 Å². The van der Waals surface area contributed by atoms with E-state index in [0.717, 1.165) is 0 Å². The largest absolute Gasteiger partial charge is 0.440 e. The fourth-order valence-electron chi connectivity index (χ4n) is 0.625. The molecule has 0 aliphatic carbocycles. The predicted octanol–water partition coefficient (Wildman–Crippen LogP) is 0.332. The summed E-state index contributed by atoms with van der Waals surface area (Å²) >= 11 is 0. The number of hydrazone groups is 1. The lowest BCUT2D eigenvalue weighted by Gasteiger charge is -1.88. The Morgan fingerprint density at radius 2 is 2.50 bits per heavy atom. The van der Waals surface area contributed by atoms with Crippen LogP contribution >= 0.6 is 0 Å². The van der Waals surface area contributed by atoms with E-state index >= 15 is 0 Å². The van der Waals surface area contributed by atoms with Gasteiger partial charge >= 0.3 is 0 Å². The van der Waals surface area contributed by atoms with Gasteiger partial charge in [-0.15, -0.1) is 0 Å². The summed E-state index contributed by atoms with van der Waals surface area (Å²) in [6.07, 6.45) is 1.37. The Morgan fingerprint density at radius 3 is 3.00 bits per heavy atom. The molecule has 5 heteroatoms. The van der Waals surface area contributed by atoms with Gasteiger partial charge in [0.1, 0.15) is 5.76 Å². The van der Waals surface area contributed by atoms with Crippen molar-refractivity contribution in [2.75, 3.05) is 5.73 Å². The van der Waals surface area contributed by atoms with E-state index in [9.17, 15) is 4.79 Å². The first-order valence-electron chi connectivity index (χ1n) is 3.33. The molecule has 0 aromatic carbocycles. The summed E-state index contributed by atoms with van der Waals surface area (Å²) in [4.78, 5) is 10.4. The molecular formula is C7H9N3O2. The SMILES string of the molecule is CC(=O)NN=Cc1ccc(N)o1. The highest BCUT2D eigenvalue weighted by molar-refractivity contribution is 5.79. The van der Waals surface area contributed by atoms with Crippen molar-refractivity contribution in [3.8, 4) is 0 Å². The van der Waals surface area contributed by atoms with Gasteiger partial charge in [-0.3, -0.25) is 4.79 Å². The number of nitrogen functional groups attached to an aromatic ring is 1. The number of hydrogen-bond acceptors (Lipinski definition) is 4. The minimum Gasteiger partial charge on any atom is -0.440 e. The van der Waals surface area contributed by atoms with Crippen molar-refractivity contribution in [2.45, 2.75) is 6.92 Å². The van der Waals surface area contributed by atoms with Crippen LogP contribution in [0.3, 0.4) is 0 Å². The number of nitrogens with two attached hydrogens (primary N) is 1. The third-order valence-electron chi connectivity index (χ3n) is 1.06. The predicted molar refractivity (Wildman–Crippen MR) is 44.5 cm³/mol. The van der Waals surface area contributed by atoms with Crippen LogP contribution in [0, 0.1) is 0 Å². The second-order valence-corrected chi connectivity index (χ2v) is 2.17. The van der Waals surface area contributed by atoms with Gasteiger partial charge in [0.05, 0.1) is 6.21 Å². The Balaban J connectivity index is 2.52. The zero-order valence-corrected chi connectivity index (χ0v) is 6.57. The molecule has 12 heavy (non-hydrogen) atoms. The van der Waals surface area contributed by atoms with Gasteiger partial charge in [-0.05, 0) is 6.07 Å². The molecule has 0 aliphatic rings. The van der Waals surface area contributed by atoms with E-state index in [1.54, 1.807) is 12.1 Å². The molecule has 0 bridgehead atoms. The molecule has 0 spiro atoms. The molecule has 1 rings (SSSR count). The van der Waals surface area contributed by atoms with E-state index in [0.29, 0.717) is 11.6 Å². The lowest BCUT2D eigenvalue weighted by molar-refractivity contribution is -0.118. The summed E-state index contributed by atoms with van der Waals surface area (Å²) < 4.78 is 4.94. The highest BCUT2D eigenvalue weighted by Crippen LogP contribution is 2.05. The van der Waals surface area contributed by atoms with E-state index in [4.69, 9.17) is 10.2 Å². The summed E-state index contributed by atoms with van der Waals surface area (Å²) in [6.45, 7) is 1.37. The summed E-state index contributed by atoms with van der Waals surface area (Å²) in [7, 11) is 0. The molecule has 5 nitrogen and oxygen atoms in total. The highest BCUT2D eigenvalue weighted by Gasteiger charge is 1.93. The third kappa shape index (κ3) is 2.45. The van der Waals surface area contributed by atoms with Gasteiger partial charge in [0.2, 0.25) is 5.91 Å². The van der Waals surface area contributed by atoms with Crippen LogP contribution in [0.4, 0.5) is 5.88 Å². The Hall–Kier alpha value is -1.78. The Labute approximate surface area is 69.2 Å². The van der Waals surface area contributed by atoms with Crippen LogP contribution < -0.4 is 11.2 Å². The van der Waals surface area contributed by atoms with Crippen molar-refractivity contribution in [1.29, 1.82) is 0 Å². The molecule has 0 radical (unpaired) electrons. The number of nitrogens with one attached hydrogen (secondary N) is 1. The summed E-state index contributed by atoms with van der Waals surface area (Å²) in [5, 5.41) is 3.58. The first-order valence-corrected chi connectivity index (χ1v) is 3.33. The summed E-state index contributed by atoms with van der Waals surface area (Å²) in [6, 6.07) is 3.26. The van der Waals surface area contributed by atoms with Crippen molar-refractivity contribution in [3.05, 3.63) is 17.9 Å². The van der Waals surface area contributed by atoms with E-state index in [1.165, 1.54) is 13.1 Å². The van der Waals surface area contributed by atoms with Gasteiger partial charge in [-0.25, -0.2) is 5.43 Å². The minimum absolute atomic E-state index is 0.231. The van der Waals surface area contributed by atoms with Crippen LogP contribution in [-0.2, 0) is 4.79 Å². The zero-order chi connectivity index (χ0) is 8.97. The zero-order valence-electron chi connectivity index (χ0n) is 6.57. The lowest BCUT2D eigenvalue weighted by Crippen LogP contribution is -2.12. The van der Waals surface area contributed by atoms with Gasteiger partial charge in [0, 0.05) is 13.0 Å². The van der Waals surface area contributed by atoms with Gasteiger partial charge in [-0.1, -0.05) is 0 Å². The second-order valence-electron chi connectivity index (χ2n) is 2.17. The molecule has 64 valence electrons. The standard InChI is InChI=1S/C7H9N3O2/c1-5(11)10-9-4-6-2-3-7(8)12-6/h2-4H,8H2,1H3,(H,10,11). The van der Waals surface area contributed by atoms with Crippen molar-refractivity contribution >= 4 is 18.0 Å². The number of carbonyl (C=O) groups excluding carboxylic acids is 1. The topological polar surface area (TPSA) is 80.6 Å². The Kier molecular flexibility index (Phi) is 2.47. The number of furan rings is 1. The normalized spacial score (nSPS) is 10.4. The van der Waals surface area contributed by atoms with E-state index < -0.39 is 0 Å². The van der Waals surface area contributed by atoms with Crippen molar-refractivity contribution in [2.24, 2.45) is 5.10 Å². The lowest BCUT2D eigenvalue weighted by atomic mass is 10.5. The van der Waals surface area contributed by atoms with Gasteiger partial charge in [-0.2, -0.15) is 5.10 Å². The average molecular weight is 167 g/mol. The maximum atomic E-state index is 10.4. The monoisotopic (exact) mass is 167 g/mol. The van der Waals surface area contributed by atoms with Gasteiger partial charge < -0.3 is 10.2 Å². The van der Waals surface area contributed by atoms with Crippen LogP contribution in [0.15, 0.2) is 21.7 Å². The number of anilines is 1. The molecule has 0 unspecified atom stereocenters. The molecule has 0 saturated heterocycles. The molecule has 1 amide bonds. The molecule has 1 heterocycles. The molecular weight excluding hydrogens is 158 g/mol. The van der Waals surface area contributed by atoms with Crippen LogP contribution in [-0.4, -0.2) is 12.1 Å². The number of amides is 1. The smallest absolute Gasteiger partial charge is 0.236 e. The molecule has 1 aromatic rings. The third-order valence-corrected chi connectivity index (χ3v) is 1.06. The second kappa shape index (κ2) is 3.56. The fourth-order valence-corrected chi connectivity index (χ4v) is 0.625. The first kappa shape index (κ1) is 8.32.